The fourth-order valence-corrected chi connectivity index (χ4v) is 8.35. The van der Waals surface area contributed by atoms with Gasteiger partial charge in [0.15, 0.2) is 0 Å². The number of fused-ring (bicyclic) bond motifs is 13. The van der Waals surface area contributed by atoms with Crippen LogP contribution in [0.25, 0.3) is 33.4 Å². The molecular formula is C41H30. The van der Waals surface area contributed by atoms with Crippen LogP contribution in [0.4, 0.5) is 0 Å². The Morgan fingerprint density at radius 1 is 0.366 bits per heavy atom. The molecule has 6 aromatic rings. The second kappa shape index (κ2) is 7.95. The van der Waals surface area contributed by atoms with Gasteiger partial charge in [0.05, 0.1) is 5.41 Å². The van der Waals surface area contributed by atoms with Crippen molar-refractivity contribution in [3.8, 4) is 33.4 Å². The molecule has 0 bridgehead atoms. The molecule has 0 nitrogen and oxygen atoms in total. The summed E-state index contributed by atoms with van der Waals surface area (Å²) in [6, 6.07) is 50.5. The summed E-state index contributed by atoms with van der Waals surface area (Å²) in [5.74, 6) is 0. The van der Waals surface area contributed by atoms with Crippen LogP contribution in [-0.2, 0) is 17.3 Å². The average molecular weight is 523 g/mol. The van der Waals surface area contributed by atoms with E-state index < -0.39 is 0 Å². The van der Waals surface area contributed by atoms with Gasteiger partial charge in [-0.3, -0.25) is 0 Å². The van der Waals surface area contributed by atoms with Crippen molar-refractivity contribution in [2.24, 2.45) is 0 Å². The van der Waals surface area contributed by atoms with Gasteiger partial charge < -0.3 is 0 Å². The van der Waals surface area contributed by atoms with Gasteiger partial charge in [0.1, 0.15) is 0 Å². The smallest absolute Gasteiger partial charge is 0.0619 e. The van der Waals surface area contributed by atoms with E-state index in [1.807, 2.05) is 0 Å². The minimum Gasteiger partial charge on any atom is -0.0619 e. The van der Waals surface area contributed by atoms with Crippen molar-refractivity contribution in [1.82, 2.24) is 0 Å². The van der Waals surface area contributed by atoms with Crippen LogP contribution >= 0.6 is 0 Å². The van der Waals surface area contributed by atoms with E-state index >= 15 is 0 Å². The summed E-state index contributed by atoms with van der Waals surface area (Å²) >= 11 is 0. The van der Waals surface area contributed by atoms with Gasteiger partial charge in [0.25, 0.3) is 0 Å². The van der Waals surface area contributed by atoms with Crippen LogP contribution in [0.3, 0.4) is 0 Å². The third-order valence-corrected chi connectivity index (χ3v) is 10.1. The van der Waals surface area contributed by atoms with Crippen molar-refractivity contribution in [2.45, 2.75) is 31.1 Å². The zero-order chi connectivity index (χ0) is 27.3. The molecule has 0 saturated heterocycles. The normalized spacial score (nSPS) is 15.6. The summed E-state index contributed by atoms with van der Waals surface area (Å²) in [6.07, 6.45) is 0.919. The highest BCUT2D eigenvalue weighted by Gasteiger charge is 2.51. The van der Waals surface area contributed by atoms with Gasteiger partial charge in [-0.25, -0.2) is 0 Å². The van der Waals surface area contributed by atoms with E-state index in [2.05, 4.69) is 147 Å². The Bertz CT molecular complexity index is 1990. The molecule has 0 heteroatoms. The molecule has 0 saturated carbocycles. The van der Waals surface area contributed by atoms with E-state index in [0.29, 0.717) is 0 Å². The van der Waals surface area contributed by atoms with Gasteiger partial charge in [0.2, 0.25) is 0 Å². The van der Waals surface area contributed by atoms with E-state index in [1.54, 1.807) is 0 Å². The second-order valence-corrected chi connectivity index (χ2v) is 12.5. The lowest BCUT2D eigenvalue weighted by atomic mass is 9.70. The SMILES string of the molecule is CC1(C)c2ccccc2-c2ccc(Cc3ccc4c(c3)C3(c5ccccc5-c5ccccc53)c3ccccc3-4)cc21. The molecule has 1 spiro atoms. The molecule has 3 aliphatic carbocycles. The highest BCUT2D eigenvalue weighted by Crippen LogP contribution is 2.62. The highest BCUT2D eigenvalue weighted by molar-refractivity contribution is 5.95. The summed E-state index contributed by atoms with van der Waals surface area (Å²) in [6.45, 7) is 4.74. The summed E-state index contributed by atoms with van der Waals surface area (Å²) in [7, 11) is 0. The molecule has 0 aliphatic heterocycles. The molecule has 0 amide bonds. The maximum Gasteiger partial charge on any atom is 0.0725 e. The van der Waals surface area contributed by atoms with Crippen LogP contribution in [0.2, 0.25) is 0 Å². The first-order valence-electron chi connectivity index (χ1n) is 14.7. The molecule has 0 unspecified atom stereocenters. The average Bonchev–Trinajstić information content (AvgIpc) is 3.56. The number of hydrogen-bond donors (Lipinski definition) is 0. The zero-order valence-electron chi connectivity index (χ0n) is 23.4. The van der Waals surface area contributed by atoms with E-state index in [1.165, 1.54) is 77.9 Å². The molecule has 41 heavy (non-hydrogen) atoms. The number of rotatable bonds is 2. The molecule has 3 aliphatic rings. The van der Waals surface area contributed by atoms with Crippen molar-refractivity contribution in [1.29, 1.82) is 0 Å². The van der Waals surface area contributed by atoms with Crippen molar-refractivity contribution >= 4 is 0 Å². The van der Waals surface area contributed by atoms with Gasteiger partial charge in [-0.2, -0.15) is 0 Å². The maximum absolute atomic E-state index is 2.52. The van der Waals surface area contributed by atoms with Crippen molar-refractivity contribution in [2.75, 3.05) is 0 Å². The van der Waals surface area contributed by atoms with E-state index in [4.69, 9.17) is 0 Å². The molecule has 0 atom stereocenters. The van der Waals surface area contributed by atoms with Crippen molar-refractivity contribution < 1.29 is 0 Å². The minimum absolute atomic E-state index is 0.0167. The highest BCUT2D eigenvalue weighted by atomic mass is 14.5. The zero-order valence-corrected chi connectivity index (χ0v) is 23.4. The topological polar surface area (TPSA) is 0 Å². The van der Waals surface area contributed by atoms with Gasteiger partial charge in [-0.15, -0.1) is 0 Å². The molecule has 9 rings (SSSR count). The Labute approximate surface area is 242 Å². The lowest BCUT2D eigenvalue weighted by Gasteiger charge is -2.30. The quantitative estimate of drug-likeness (QED) is 0.212. The Morgan fingerprint density at radius 3 is 1.24 bits per heavy atom. The summed E-state index contributed by atoms with van der Waals surface area (Å²) in [5, 5.41) is 0. The summed E-state index contributed by atoms with van der Waals surface area (Å²) in [5.41, 5.74) is 19.2. The van der Waals surface area contributed by atoms with Gasteiger partial charge in [-0.05, 0) is 84.3 Å². The standard InChI is InChI=1S/C41H30/c1-40(2)34-15-7-3-11-28(34)32-21-19-26(24-38(32)40)23-27-20-22-33-31-14-6-10-18-37(31)41(39(33)25-27)35-16-8-4-12-29(35)30-13-5-9-17-36(30)41/h3-22,24-25H,23H2,1-2H3. The van der Waals surface area contributed by atoms with E-state index in [-0.39, 0.29) is 10.8 Å². The van der Waals surface area contributed by atoms with Gasteiger partial charge in [-0.1, -0.05) is 147 Å². The fourth-order valence-electron chi connectivity index (χ4n) is 8.35. The van der Waals surface area contributed by atoms with Crippen LogP contribution in [0, 0.1) is 0 Å². The Balaban J connectivity index is 1.22. The molecule has 0 aromatic heterocycles. The van der Waals surface area contributed by atoms with Crippen LogP contribution in [0.5, 0.6) is 0 Å². The van der Waals surface area contributed by atoms with Gasteiger partial charge in [0, 0.05) is 5.41 Å². The van der Waals surface area contributed by atoms with Crippen LogP contribution < -0.4 is 0 Å². The monoisotopic (exact) mass is 522 g/mol. The van der Waals surface area contributed by atoms with Crippen LogP contribution in [0.15, 0.2) is 133 Å². The molecule has 194 valence electrons. The first-order chi connectivity index (χ1) is 20.1. The van der Waals surface area contributed by atoms with E-state index in [9.17, 15) is 0 Å². The largest absolute Gasteiger partial charge is 0.0725 e. The Hall–Kier alpha value is -4.68. The van der Waals surface area contributed by atoms with Gasteiger partial charge >= 0.3 is 0 Å². The molecule has 0 heterocycles. The molecule has 6 aromatic carbocycles. The lowest BCUT2D eigenvalue weighted by molar-refractivity contribution is 0.659. The Kier molecular flexibility index (Phi) is 4.48. The molecule has 0 N–H and O–H groups in total. The molecule has 0 fully saturated rings. The number of hydrogen-bond acceptors (Lipinski definition) is 0. The predicted molar refractivity (Wildman–Crippen MR) is 170 cm³/mol. The van der Waals surface area contributed by atoms with Crippen molar-refractivity contribution in [3.05, 3.63) is 178 Å². The number of benzene rings is 6. The maximum atomic E-state index is 2.52. The fraction of sp³-hybridized carbons (Fsp3) is 0.122. The Morgan fingerprint density at radius 2 is 0.732 bits per heavy atom. The first kappa shape index (κ1) is 23.1. The third-order valence-electron chi connectivity index (χ3n) is 10.1. The second-order valence-electron chi connectivity index (χ2n) is 12.5. The lowest BCUT2D eigenvalue weighted by Crippen LogP contribution is -2.26. The third kappa shape index (κ3) is 2.85. The summed E-state index contributed by atoms with van der Waals surface area (Å²) < 4.78 is 0. The van der Waals surface area contributed by atoms with E-state index in [0.717, 1.165) is 6.42 Å². The predicted octanol–water partition coefficient (Wildman–Crippen LogP) is 9.93. The van der Waals surface area contributed by atoms with Crippen LogP contribution in [-0.4, -0.2) is 0 Å². The minimum atomic E-state index is -0.281. The first-order valence-corrected chi connectivity index (χ1v) is 14.7. The molecular weight excluding hydrogens is 492 g/mol. The van der Waals surface area contributed by atoms with Crippen molar-refractivity contribution in [3.63, 3.8) is 0 Å². The van der Waals surface area contributed by atoms with Crippen LogP contribution in [0.1, 0.15) is 58.4 Å². The molecule has 0 radical (unpaired) electrons. The summed E-state index contributed by atoms with van der Waals surface area (Å²) in [4.78, 5) is 0.